The number of carboxylic acids is 1. The number of benzene rings is 1. The highest BCUT2D eigenvalue weighted by Gasteiger charge is 2.24. The first-order chi connectivity index (χ1) is 8.82. The summed E-state index contributed by atoms with van der Waals surface area (Å²) in [4.78, 5) is 22.6. The standard InChI is InChI=1S/C12H14BrFN2O3/c1-6(2)9(11(17)18)15-12(19)16-10-7(13)4-3-5-8(10)14/h3-6,9H,1-2H3,(H,17,18)(H2,15,16,19)/t9-/m0/s1. The fraction of sp³-hybridized carbons (Fsp3) is 0.333. The van der Waals surface area contributed by atoms with E-state index in [-0.39, 0.29) is 11.6 Å². The largest absolute Gasteiger partial charge is 0.480 e. The van der Waals surface area contributed by atoms with Crippen molar-refractivity contribution in [2.24, 2.45) is 5.92 Å². The molecule has 0 spiro atoms. The number of urea groups is 1. The third kappa shape index (κ3) is 4.20. The van der Waals surface area contributed by atoms with E-state index in [0.717, 1.165) is 0 Å². The maximum absolute atomic E-state index is 13.5. The molecule has 0 unspecified atom stereocenters. The van der Waals surface area contributed by atoms with Gasteiger partial charge in [0.15, 0.2) is 0 Å². The maximum atomic E-state index is 13.5. The third-order valence-corrected chi connectivity index (χ3v) is 3.08. The molecule has 19 heavy (non-hydrogen) atoms. The summed E-state index contributed by atoms with van der Waals surface area (Å²) in [5.41, 5.74) is -0.0344. The molecule has 7 heteroatoms. The summed E-state index contributed by atoms with van der Waals surface area (Å²) in [7, 11) is 0. The van der Waals surface area contributed by atoms with Gasteiger partial charge < -0.3 is 15.7 Å². The number of rotatable bonds is 4. The van der Waals surface area contributed by atoms with E-state index in [1.165, 1.54) is 12.1 Å². The van der Waals surface area contributed by atoms with Gasteiger partial charge in [-0.2, -0.15) is 0 Å². The van der Waals surface area contributed by atoms with Gasteiger partial charge in [0.1, 0.15) is 11.9 Å². The van der Waals surface area contributed by atoms with Gasteiger partial charge in [-0.25, -0.2) is 14.0 Å². The molecule has 1 atom stereocenters. The van der Waals surface area contributed by atoms with E-state index in [4.69, 9.17) is 5.11 Å². The Morgan fingerprint density at radius 2 is 2.00 bits per heavy atom. The highest BCUT2D eigenvalue weighted by molar-refractivity contribution is 9.10. The zero-order valence-electron chi connectivity index (χ0n) is 10.4. The van der Waals surface area contributed by atoms with Crippen molar-refractivity contribution in [2.75, 3.05) is 5.32 Å². The minimum absolute atomic E-state index is 0.0344. The summed E-state index contributed by atoms with van der Waals surface area (Å²) in [6.07, 6.45) is 0. The van der Waals surface area contributed by atoms with Gasteiger partial charge in [-0.3, -0.25) is 0 Å². The monoisotopic (exact) mass is 332 g/mol. The van der Waals surface area contributed by atoms with E-state index in [1.807, 2.05) is 0 Å². The number of para-hydroxylation sites is 1. The van der Waals surface area contributed by atoms with Crippen LogP contribution in [0.5, 0.6) is 0 Å². The van der Waals surface area contributed by atoms with Crippen molar-refractivity contribution < 1.29 is 19.1 Å². The lowest BCUT2D eigenvalue weighted by Gasteiger charge is -2.18. The molecule has 0 radical (unpaired) electrons. The summed E-state index contributed by atoms with van der Waals surface area (Å²) in [5.74, 6) is -2.04. The van der Waals surface area contributed by atoms with Crippen LogP contribution in [0.1, 0.15) is 13.8 Å². The van der Waals surface area contributed by atoms with Crippen LogP contribution in [0.4, 0.5) is 14.9 Å². The van der Waals surface area contributed by atoms with Gasteiger partial charge in [0, 0.05) is 4.47 Å². The Balaban J connectivity index is 2.78. The van der Waals surface area contributed by atoms with Crippen LogP contribution in [0.2, 0.25) is 0 Å². The lowest BCUT2D eigenvalue weighted by molar-refractivity contribution is -0.140. The number of carbonyl (C=O) groups is 2. The summed E-state index contributed by atoms with van der Waals surface area (Å²) in [6, 6.07) is 2.43. The molecule has 0 heterocycles. The second-order valence-corrected chi connectivity index (χ2v) is 5.11. The molecule has 0 fully saturated rings. The molecular formula is C12H14BrFN2O3. The fourth-order valence-electron chi connectivity index (χ4n) is 1.42. The molecule has 0 aliphatic rings. The zero-order chi connectivity index (χ0) is 14.6. The second-order valence-electron chi connectivity index (χ2n) is 4.26. The Morgan fingerprint density at radius 3 is 2.47 bits per heavy atom. The van der Waals surface area contributed by atoms with Crippen molar-refractivity contribution in [2.45, 2.75) is 19.9 Å². The van der Waals surface area contributed by atoms with Crippen LogP contribution in [-0.2, 0) is 4.79 Å². The molecule has 0 aromatic heterocycles. The highest BCUT2D eigenvalue weighted by atomic mass is 79.9. The first-order valence-electron chi connectivity index (χ1n) is 5.57. The smallest absolute Gasteiger partial charge is 0.326 e. The number of amides is 2. The lowest BCUT2D eigenvalue weighted by Crippen LogP contribution is -2.46. The molecule has 1 rings (SSSR count). The quantitative estimate of drug-likeness (QED) is 0.793. The van der Waals surface area contributed by atoms with Crippen molar-refractivity contribution in [1.82, 2.24) is 5.32 Å². The van der Waals surface area contributed by atoms with E-state index in [1.54, 1.807) is 19.9 Å². The first kappa shape index (κ1) is 15.4. The Kier molecular flexibility index (Phi) is 5.29. The molecule has 2 amide bonds. The van der Waals surface area contributed by atoms with Crippen LogP contribution in [-0.4, -0.2) is 23.1 Å². The van der Waals surface area contributed by atoms with E-state index in [9.17, 15) is 14.0 Å². The van der Waals surface area contributed by atoms with Gasteiger partial charge in [0.2, 0.25) is 0 Å². The summed E-state index contributed by atoms with van der Waals surface area (Å²) >= 11 is 3.10. The Hall–Kier alpha value is -1.63. The van der Waals surface area contributed by atoms with Gasteiger partial charge in [-0.05, 0) is 34.0 Å². The summed E-state index contributed by atoms with van der Waals surface area (Å²) < 4.78 is 13.9. The molecule has 1 aromatic rings. The van der Waals surface area contributed by atoms with Gasteiger partial charge in [-0.15, -0.1) is 0 Å². The van der Waals surface area contributed by atoms with Crippen molar-refractivity contribution in [3.63, 3.8) is 0 Å². The van der Waals surface area contributed by atoms with Gasteiger partial charge >= 0.3 is 12.0 Å². The van der Waals surface area contributed by atoms with Crippen molar-refractivity contribution >= 4 is 33.6 Å². The van der Waals surface area contributed by atoms with Crippen LogP contribution in [0, 0.1) is 11.7 Å². The zero-order valence-corrected chi connectivity index (χ0v) is 12.0. The molecular weight excluding hydrogens is 319 g/mol. The molecule has 5 nitrogen and oxygen atoms in total. The van der Waals surface area contributed by atoms with Crippen LogP contribution in [0.3, 0.4) is 0 Å². The number of carbonyl (C=O) groups excluding carboxylic acids is 1. The van der Waals surface area contributed by atoms with Gasteiger partial charge in [0.25, 0.3) is 0 Å². The molecule has 0 bridgehead atoms. The van der Waals surface area contributed by atoms with Crippen LogP contribution < -0.4 is 10.6 Å². The molecule has 3 N–H and O–H groups in total. The van der Waals surface area contributed by atoms with E-state index in [0.29, 0.717) is 4.47 Å². The predicted octanol–water partition coefficient (Wildman–Crippen LogP) is 2.82. The van der Waals surface area contributed by atoms with Crippen LogP contribution in [0.25, 0.3) is 0 Å². The van der Waals surface area contributed by atoms with E-state index >= 15 is 0 Å². The molecule has 104 valence electrons. The average molecular weight is 333 g/mol. The molecule has 0 aliphatic carbocycles. The lowest BCUT2D eigenvalue weighted by atomic mass is 10.1. The van der Waals surface area contributed by atoms with Crippen molar-refractivity contribution in [1.29, 1.82) is 0 Å². The first-order valence-corrected chi connectivity index (χ1v) is 6.36. The third-order valence-electron chi connectivity index (χ3n) is 2.42. The highest BCUT2D eigenvalue weighted by Crippen LogP contribution is 2.24. The number of halogens is 2. The molecule has 0 aliphatic heterocycles. The van der Waals surface area contributed by atoms with E-state index in [2.05, 4.69) is 26.6 Å². The normalized spacial score (nSPS) is 12.1. The Morgan fingerprint density at radius 1 is 1.37 bits per heavy atom. The molecule has 0 saturated carbocycles. The number of hydrogen-bond donors (Lipinski definition) is 3. The van der Waals surface area contributed by atoms with Crippen LogP contribution in [0.15, 0.2) is 22.7 Å². The van der Waals surface area contributed by atoms with Crippen molar-refractivity contribution in [3.8, 4) is 0 Å². The Bertz CT molecular complexity index is 474. The minimum Gasteiger partial charge on any atom is -0.480 e. The predicted molar refractivity (Wildman–Crippen MR) is 72.5 cm³/mol. The topological polar surface area (TPSA) is 78.4 Å². The van der Waals surface area contributed by atoms with Gasteiger partial charge in [0.05, 0.1) is 5.69 Å². The maximum Gasteiger partial charge on any atom is 0.326 e. The number of anilines is 1. The molecule has 1 aromatic carbocycles. The number of aliphatic carboxylic acids is 1. The summed E-state index contributed by atoms with van der Waals surface area (Å²) in [6.45, 7) is 3.33. The minimum atomic E-state index is -1.14. The van der Waals surface area contributed by atoms with Gasteiger partial charge in [-0.1, -0.05) is 19.9 Å². The van der Waals surface area contributed by atoms with Crippen molar-refractivity contribution in [3.05, 3.63) is 28.5 Å². The summed E-state index contributed by atoms with van der Waals surface area (Å²) in [5, 5.41) is 13.5. The Labute approximate surface area is 118 Å². The SMILES string of the molecule is CC(C)[C@H](NC(=O)Nc1c(F)cccc1Br)C(=O)O. The number of nitrogens with one attached hydrogen (secondary N) is 2. The average Bonchev–Trinajstić information content (AvgIpc) is 2.30. The number of carboxylic acid groups (broad SMARTS) is 1. The van der Waals surface area contributed by atoms with Crippen LogP contribution >= 0.6 is 15.9 Å². The second kappa shape index (κ2) is 6.51. The van der Waals surface area contributed by atoms with E-state index < -0.39 is 23.9 Å². The fourth-order valence-corrected chi connectivity index (χ4v) is 1.86. The molecule has 0 saturated heterocycles. The number of hydrogen-bond acceptors (Lipinski definition) is 2.